The van der Waals surface area contributed by atoms with Crippen LogP contribution in [0.15, 0.2) is 22.7 Å². The summed E-state index contributed by atoms with van der Waals surface area (Å²) in [4.78, 5) is 12.6. The largest absolute Gasteiger partial charge is 0.355 e. The normalized spacial score (nSPS) is 10.6. The number of nitrogens with zero attached hydrogens (tertiary/aromatic N) is 1. The molecule has 2 aromatic heterocycles. The van der Waals surface area contributed by atoms with Crippen LogP contribution < -0.4 is 10.6 Å². The van der Waals surface area contributed by atoms with Crippen LogP contribution >= 0.6 is 22.9 Å². The monoisotopic (exact) mass is 299 g/mol. The second kappa shape index (κ2) is 6.70. The van der Waals surface area contributed by atoms with Crippen molar-refractivity contribution in [3.05, 3.63) is 28.2 Å². The Bertz CT molecular complexity index is 553. The molecule has 0 aliphatic rings. The van der Waals surface area contributed by atoms with Crippen LogP contribution in [0, 0.1) is 0 Å². The molecule has 1 amide bonds. The highest BCUT2D eigenvalue weighted by molar-refractivity contribution is 7.19. The van der Waals surface area contributed by atoms with Crippen LogP contribution in [0.3, 0.4) is 0 Å². The van der Waals surface area contributed by atoms with Crippen molar-refractivity contribution in [3.8, 4) is 10.6 Å². The Kier molecular flexibility index (Phi) is 4.95. The van der Waals surface area contributed by atoms with E-state index >= 15 is 0 Å². The van der Waals surface area contributed by atoms with E-state index in [4.69, 9.17) is 16.1 Å². The summed E-state index contributed by atoms with van der Waals surface area (Å²) < 4.78 is 5.81. The summed E-state index contributed by atoms with van der Waals surface area (Å²) in [6.45, 7) is 1.46. The van der Waals surface area contributed by atoms with E-state index in [1.807, 2.05) is 13.1 Å². The number of thiophene rings is 1. The van der Waals surface area contributed by atoms with Gasteiger partial charge in [-0.25, -0.2) is 0 Å². The molecule has 2 heterocycles. The van der Waals surface area contributed by atoms with Crippen LogP contribution in [0.25, 0.3) is 10.6 Å². The zero-order chi connectivity index (χ0) is 13.7. The van der Waals surface area contributed by atoms with Crippen molar-refractivity contribution in [2.24, 2.45) is 0 Å². The summed E-state index contributed by atoms with van der Waals surface area (Å²) in [5, 5.41) is 9.55. The molecule has 0 atom stereocenters. The quantitative estimate of drug-likeness (QED) is 0.804. The highest BCUT2D eigenvalue weighted by atomic mass is 35.5. The molecule has 2 rings (SSSR count). The van der Waals surface area contributed by atoms with Crippen molar-refractivity contribution >= 4 is 28.8 Å². The summed E-state index contributed by atoms with van der Waals surface area (Å²) in [5.41, 5.74) is 0.281. The third kappa shape index (κ3) is 3.79. The fourth-order valence-corrected chi connectivity index (χ4v) is 2.49. The standard InChI is InChI=1S/C12H14ClN3O2S/c1-14-5-2-6-15-12(17)8-7-9(18-16-8)10-3-4-11(13)19-10/h3-4,7,14H,2,5-6H2,1H3,(H,15,17). The minimum atomic E-state index is -0.228. The van der Waals surface area contributed by atoms with Gasteiger partial charge in [-0.3, -0.25) is 4.79 Å². The number of hydrogen-bond donors (Lipinski definition) is 2. The number of rotatable bonds is 6. The molecule has 102 valence electrons. The van der Waals surface area contributed by atoms with Crippen LogP contribution in [-0.4, -0.2) is 31.2 Å². The van der Waals surface area contributed by atoms with Crippen molar-refractivity contribution < 1.29 is 9.32 Å². The number of aromatic nitrogens is 1. The molecule has 0 fully saturated rings. The van der Waals surface area contributed by atoms with Crippen molar-refractivity contribution in [1.29, 1.82) is 0 Å². The lowest BCUT2D eigenvalue weighted by atomic mass is 10.3. The summed E-state index contributed by atoms with van der Waals surface area (Å²) in [7, 11) is 1.87. The number of nitrogens with one attached hydrogen (secondary N) is 2. The molecular weight excluding hydrogens is 286 g/mol. The molecule has 5 nitrogen and oxygen atoms in total. The Morgan fingerprint density at radius 2 is 2.32 bits per heavy atom. The molecule has 0 aliphatic carbocycles. The Hall–Kier alpha value is -1.37. The second-order valence-electron chi connectivity index (χ2n) is 3.89. The molecule has 0 radical (unpaired) electrons. The molecule has 0 saturated heterocycles. The molecule has 19 heavy (non-hydrogen) atoms. The smallest absolute Gasteiger partial charge is 0.273 e. The maximum absolute atomic E-state index is 11.8. The van der Waals surface area contributed by atoms with E-state index in [0.29, 0.717) is 16.6 Å². The first kappa shape index (κ1) is 14.0. The minimum absolute atomic E-state index is 0.228. The van der Waals surface area contributed by atoms with Gasteiger partial charge in [0, 0.05) is 12.6 Å². The molecule has 0 saturated carbocycles. The van der Waals surface area contributed by atoms with E-state index in [9.17, 15) is 4.79 Å². The van der Waals surface area contributed by atoms with Crippen molar-refractivity contribution in [1.82, 2.24) is 15.8 Å². The predicted molar refractivity (Wildman–Crippen MR) is 75.7 cm³/mol. The third-order valence-electron chi connectivity index (χ3n) is 2.45. The van der Waals surface area contributed by atoms with Crippen LogP contribution in [0.4, 0.5) is 0 Å². The zero-order valence-electron chi connectivity index (χ0n) is 10.4. The van der Waals surface area contributed by atoms with E-state index in [1.54, 1.807) is 12.1 Å². The average molecular weight is 300 g/mol. The lowest BCUT2D eigenvalue weighted by molar-refractivity contribution is 0.0944. The molecule has 2 N–H and O–H groups in total. The maximum Gasteiger partial charge on any atom is 0.273 e. The molecule has 0 aliphatic heterocycles. The Balaban J connectivity index is 1.95. The third-order valence-corrected chi connectivity index (χ3v) is 3.69. The molecule has 0 spiro atoms. The Morgan fingerprint density at radius 3 is 3.00 bits per heavy atom. The van der Waals surface area contributed by atoms with Crippen LogP contribution in [0.2, 0.25) is 4.34 Å². The fourth-order valence-electron chi connectivity index (χ4n) is 1.50. The second-order valence-corrected chi connectivity index (χ2v) is 5.61. The predicted octanol–water partition coefficient (Wildman–Crippen LogP) is 2.40. The van der Waals surface area contributed by atoms with Gasteiger partial charge in [-0.05, 0) is 32.1 Å². The average Bonchev–Trinajstić information content (AvgIpc) is 3.02. The van der Waals surface area contributed by atoms with Gasteiger partial charge in [-0.15, -0.1) is 11.3 Å². The molecule has 0 aromatic carbocycles. The van der Waals surface area contributed by atoms with E-state index in [1.165, 1.54) is 11.3 Å². The summed E-state index contributed by atoms with van der Waals surface area (Å²) in [6, 6.07) is 5.24. The van der Waals surface area contributed by atoms with E-state index < -0.39 is 0 Å². The minimum Gasteiger partial charge on any atom is -0.355 e. The van der Waals surface area contributed by atoms with E-state index in [-0.39, 0.29) is 11.6 Å². The summed E-state index contributed by atoms with van der Waals surface area (Å²) in [5.74, 6) is 0.325. The fraction of sp³-hybridized carbons (Fsp3) is 0.333. The van der Waals surface area contributed by atoms with Gasteiger partial charge in [-0.2, -0.15) is 0 Å². The number of carbonyl (C=O) groups is 1. The molecule has 7 heteroatoms. The van der Waals surface area contributed by atoms with Crippen molar-refractivity contribution in [2.75, 3.05) is 20.1 Å². The highest BCUT2D eigenvalue weighted by Crippen LogP contribution is 2.31. The lowest BCUT2D eigenvalue weighted by Crippen LogP contribution is -2.26. The first-order valence-electron chi connectivity index (χ1n) is 5.86. The molecule has 2 aromatic rings. The lowest BCUT2D eigenvalue weighted by Gasteiger charge is -2.01. The van der Waals surface area contributed by atoms with Gasteiger partial charge in [0.1, 0.15) is 0 Å². The number of amides is 1. The van der Waals surface area contributed by atoms with Crippen molar-refractivity contribution in [2.45, 2.75) is 6.42 Å². The van der Waals surface area contributed by atoms with Gasteiger partial charge in [0.15, 0.2) is 11.5 Å². The van der Waals surface area contributed by atoms with Crippen LogP contribution in [-0.2, 0) is 0 Å². The van der Waals surface area contributed by atoms with Crippen LogP contribution in [0.1, 0.15) is 16.9 Å². The molecular formula is C12H14ClN3O2S. The van der Waals surface area contributed by atoms with Gasteiger partial charge >= 0.3 is 0 Å². The molecule has 0 unspecified atom stereocenters. The first-order valence-corrected chi connectivity index (χ1v) is 7.05. The topological polar surface area (TPSA) is 67.2 Å². The summed E-state index contributed by atoms with van der Waals surface area (Å²) >= 11 is 7.23. The maximum atomic E-state index is 11.8. The van der Waals surface area contributed by atoms with Crippen molar-refractivity contribution in [3.63, 3.8) is 0 Å². The molecule has 0 bridgehead atoms. The SMILES string of the molecule is CNCCCNC(=O)c1cc(-c2ccc(Cl)s2)on1. The number of carbonyl (C=O) groups excluding carboxylic acids is 1. The number of halogens is 1. The van der Waals surface area contributed by atoms with E-state index in [0.717, 1.165) is 17.8 Å². The number of hydrogen-bond acceptors (Lipinski definition) is 5. The van der Waals surface area contributed by atoms with Gasteiger partial charge in [0.05, 0.1) is 9.21 Å². The van der Waals surface area contributed by atoms with Gasteiger partial charge in [0.25, 0.3) is 5.91 Å². The summed E-state index contributed by atoms with van der Waals surface area (Å²) in [6.07, 6.45) is 0.869. The van der Waals surface area contributed by atoms with Gasteiger partial charge < -0.3 is 15.2 Å². The van der Waals surface area contributed by atoms with Gasteiger partial charge in [-0.1, -0.05) is 16.8 Å². The van der Waals surface area contributed by atoms with Gasteiger partial charge in [0.2, 0.25) is 0 Å². The Morgan fingerprint density at radius 1 is 1.47 bits per heavy atom. The van der Waals surface area contributed by atoms with Crippen LogP contribution in [0.5, 0.6) is 0 Å². The highest BCUT2D eigenvalue weighted by Gasteiger charge is 2.14. The first-order chi connectivity index (χ1) is 9.20. The zero-order valence-corrected chi connectivity index (χ0v) is 12.0. The Labute approximate surface area is 119 Å². The van der Waals surface area contributed by atoms with E-state index in [2.05, 4.69) is 15.8 Å².